The van der Waals surface area contributed by atoms with Gasteiger partial charge in [0, 0.05) is 17.2 Å². The molecule has 1 N–H and O–H groups in total. The number of carbonyl (C=O) groups excluding carboxylic acids is 1. The third kappa shape index (κ3) is 3.69. The van der Waals surface area contributed by atoms with Crippen molar-refractivity contribution in [3.63, 3.8) is 0 Å². The number of fused-ring (bicyclic) bond motifs is 1. The summed E-state index contributed by atoms with van der Waals surface area (Å²) in [6.45, 7) is 2.02. The zero-order chi connectivity index (χ0) is 21.3. The Bertz CT molecular complexity index is 1230. The molecule has 0 saturated carbocycles. The first kappa shape index (κ1) is 19.8. The highest BCUT2D eigenvalue weighted by Gasteiger charge is 2.17. The lowest BCUT2D eigenvalue weighted by Crippen LogP contribution is -2.12. The molecule has 1 heterocycles. The Morgan fingerprint density at radius 2 is 1.73 bits per heavy atom. The van der Waals surface area contributed by atoms with Gasteiger partial charge in [-0.15, -0.1) is 0 Å². The van der Waals surface area contributed by atoms with Gasteiger partial charge < -0.3 is 19.3 Å². The Morgan fingerprint density at radius 1 is 1.00 bits per heavy atom. The number of aromatic nitrogens is 1. The van der Waals surface area contributed by atoms with Gasteiger partial charge >= 0.3 is 0 Å². The fourth-order valence-corrected chi connectivity index (χ4v) is 3.39. The first-order chi connectivity index (χ1) is 14.5. The molecule has 1 amide bonds. The molecule has 30 heavy (non-hydrogen) atoms. The van der Waals surface area contributed by atoms with Crippen molar-refractivity contribution in [3.8, 4) is 22.8 Å². The minimum absolute atomic E-state index is 0.313. The molecule has 1 aromatic heterocycles. The van der Waals surface area contributed by atoms with E-state index in [1.54, 1.807) is 30.3 Å². The minimum atomic E-state index is -0.313. The Hall–Kier alpha value is -3.51. The van der Waals surface area contributed by atoms with Crippen molar-refractivity contribution in [2.75, 3.05) is 19.5 Å². The number of hydrogen-bond donors (Lipinski definition) is 1. The highest BCUT2D eigenvalue weighted by molar-refractivity contribution is 6.32. The summed E-state index contributed by atoms with van der Waals surface area (Å²) >= 11 is 6.20. The van der Waals surface area contributed by atoms with E-state index in [4.69, 9.17) is 25.6 Å². The molecule has 0 aliphatic carbocycles. The van der Waals surface area contributed by atoms with Crippen LogP contribution in [0.25, 0.3) is 22.2 Å². The molecule has 152 valence electrons. The van der Waals surface area contributed by atoms with E-state index in [0.717, 1.165) is 16.5 Å². The number of methoxy groups -OCH3 is 2. The summed E-state index contributed by atoms with van der Waals surface area (Å²) in [4.78, 5) is 12.9. The van der Waals surface area contributed by atoms with E-state index >= 15 is 0 Å². The molecule has 0 unspecified atom stereocenters. The van der Waals surface area contributed by atoms with Gasteiger partial charge in [-0.05, 0) is 31.2 Å². The topological polar surface area (TPSA) is 73.6 Å². The van der Waals surface area contributed by atoms with Crippen molar-refractivity contribution >= 4 is 34.1 Å². The molecule has 4 aromatic rings. The van der Waals surface area contributed by atoms with Crippen molar-refractivity contribution in [2.45, 2.75) is 6.92 Å². The fourth-order valence-electron chi connectivity index (χ4n) is 3.15. The number of halogens is 1. The molecule has 0 saturated heterocycles. The van der Waals surface area contributed by atoms with Gasteiger partial charge in [0.25, 0.3) is 5.91 Å². The summed E-state index contributed by atoms with van der Waals surface area (Å²) in [5, 5.41) is 8.06. The molecule has 0 aliphatic heterocycles. The van der Waals surface area contributed by atoms with Crippen LogP contribution in [0.5, 0.6) is 11.5 Å². The number of nitrogens with one attached hydrogen (secondary N) is 1. The highest BCUT2D eigenvalue weighted by atomic mass is 35.5. The largest absolute Gasteiger partial charge is 0.495 e. The van der Waals surface area contributed by atoms with E-state index in [1.165, 1.54) is 14.2 Å². The maximum absolute atomic E-state index is 12.9. The molecule has 6 nitrogen and oxygen atoms in total. The molecule has 0 radical (unpaired) electrons. The predicted octanol–water partition coefficient (Wildman–Crippen LogP) is 5.73. The van der Waals surface area contributed by atoms with Crippen LogP contribution in [0.3, 0.4) is 0 Å². The average molecular weight is 423 g/mol. The summed E-state index contributed by atoms with van der Waals surface area (Å²) in [6.07, 6.45) is 0. The zero-order valence-electron chi connectivity index (χ0n) is 16.7. The van der Waals surface area contributed by atoms with Crippen LogP contribution < -0.4 is 14.8 Å². The van der Waals surface area contributed by atoms with Gasteiger partial charge in [0.1, 0.15) is 17.0 Å². The monoisotopic (exact) mass is 422 g/mol. The summed E-state index contributed by atoms with van der Waals surface area (Å²) in [5.41, 5.74) is 3.61. The van der Waals surface area contributed by atoms with Crippen LogP contribution in [0, 0.1) is 6.92 Å². The Labute approximate surface area is 178 Å². The predicted molar refractivity (Wildman–Crippen MR) is 117 cm³/mol. The van der Waals surface area contributed by atoms with Crippen LogP contribution in [-0.4, -0.2) is 25.3 Å². The lowest BCUT2D eigenvalue weighted by Gasteiger charge is -2.13. The van der Waals surface area contributed by atoms with Crippen molar-refractivity contribution in [1.82, 2.24) is 5.16 Å². The molecule has 4 rings (SSSR count). The average Bonchev–Trinajstić information content (AvgIpc) is 3.17. The number of benzene rings is 3. The van der Waals surface area contributed by atoms with Gasteiger partial charge in [0.05, 0.1) is 30.3 Å². The van der Waals surface area contributed by atoms with Crippen LogP contribution in [0.4, 0.5) is 5.69 Å². The SMILES string of the molecule is COc1cc(OC)c(NC(=O)c2ccc3noc(-c4ccc(C)cc4)c3c2)cc1Cl. The number of ether oxygens (including phenoxy) is 2. The molecule has 0 bridgehead atoms. The maximum atomic E-state index is 12.9. The number of anilines is 1. The minimum Gasteiger partial charge on any atom is -0.495 e. The standard InChI is InChI=1S/C23H19ClN2O4/c1-13-4-6-14(7-5-13)22-16-10-15(8-9-18(16)26-30-22)23(27)25-19-11-17(24)20(28-2)12-21(19)29-3/h4-12H,1-3H3,(H,25,27). The molecule has 0 atom stereocenters. The quantitative estimate of drug-likeness (QED) is 0.444. The van der Waals surface area contributed by atoms with Crippen LogP contribution in [0.15, 0.2) is 59.1 Å². The Morgan fingerprint density at radius 3 is 2.43 bits per heavy atom. The van der Waals surface area contributed by atoms with Crippen molar-refractivity contribution < 1.29 is 18.8 Å². The number of hydrogen-bond acceptors (Lipinski definition) is 5. The molecular formula is C23H19ClN2O4. The first-order valence-electron chi connectivity index (χ1n) is 9.19. The molecule has 0 spiro atoms. The van der Waals surface area contributed by atoms with Crippen molar-refractivity contribution in [2.24, 2.45) is 0 Å². The number of aryl methyl sites for hydroxylation is 1. The summed E-state index contributed by atoms with van der Waals surface area (Å²) < 4.78 is 16.1. The first-order valence-corrected chi connectivity index (χ1v) is 9.57. The maximum Gasteiger partial charge on any atom is 0.255 e. The number of carbonyl (C=O) groups is 1. The second kappa shape index (κ2) is 8.08. The zero-order valence-corrected chi connectivity index (χ0v) is 17.4. The summed E-state index contributed by atoms with van der Waals surface area (Å²) in [5.74, 6) is 1.20. The van der Waals surface area contributed by atoms with E-state index in [-0.39, 0.29) is 5.91 Å². The lowest BCUT2D eigenvalue weighted by molar-refractivity contribution is 0.102. The Kier molecular flexibility index (Phi) is 5.33. The molecule has 0 aliphatic rings. The Balaban J connectivity index is 1.68. The van der Waals surface area contributed by atoms with Gasteiger partial charge in [-0.1, -0.05) is 46.6 Å². The van der Waals surface area contributed by atoms with Gasteiger partial charge in [0.2, 0.25) is 0 Å². The van der Waals surface area contributed by atoms with E-state index in [2.05, 4.69) is 10.5 Å². The van der Waals surface area contributed by atoms with Crippen molar-refractivity contribution in [1.29, 1.82) is 0 Å². The highest BCUT2D eigenvalue weighted by Crippen LogP contribution is 2.36. The molecular weight excluding hydrogens is 404 g/mol. The smallest absolute Gasteiger partial charge is 0.255 e. The van der Waals surface area contributed by atoms with Crippen molar-refractivity contribution in [3.05, 3.63) is 70.7 Å². The van der Waals surface area contributed by atoms with E-state index < -0.39 is 0 Å². The normalized spacial score (nSPS) is 10.8. The van der Waals surface area contributed by atoms with Crippen LogP contribution >= 0.6 is 11.6 Å². The second-order valence-corrected chi connectivity index (χ2v) is 7.16. The van der Waals surface area contributed by atoms with Gasteiger partial charge in [0.15, 0.2) is 5.76 Å². The van der Waals surface area contributed by atoms with E-state index in [0.29, 0.717) is 39.0 Å². The summed E-state index contributed by atoms with van der Waals surface area (Å²) in [6, 6.07) is 16.3. The molecule has 0 fully saturated rings. The second-order valence-electron chi connectivity index (χ2n) is 6.75. The fraction of sp³-hybridized carbons (Fsp3) is 0.130. The van der Waals surface area contributed by atoms with Crippen LogP contribution in [0.1, 0.15) is 15.9 Å². The van der Waals surface area contributed by atoms with E-state index in [9.17, 15) is 4.79 Å². The van der Waals surface area contributed by atoms with Crippen LogP contribution in [-0.2, 0) is 0 Å². The van der Waals surface area contributed by atoms with Gasteiger partial charge in [-0.3, -0.25) is 4.79 Å². The number of rotatable bonds is 5. The molecule has 3 aromatic carbocycles. The number of nitrogens with zero attached hydrogens (tertiary/aromatic N) is 1. The van der Waals surface area contributed by atoms with Gasteiger partial charge in [-0.25, -0.2) is 0 Å². The third-order valence-corrected chi connectivity index (χ3v) is 5.07. The lowest BCUT2D eigenvalue weighted by atomic mass is 10.0. The van der Waals surface area contributed by atoms with E-state index in [1.807, 2.05) is 31.2 Å². The third-order valence-electron chi connectivity index (χ3n) is 4.77. The summed E-state index contributed by atoms with van der Waals surface area (Å²) in [7, 11) is 3.02. The van der Waals surface area contributed by atoms with Crippen LogP contribution in [0.2, 0.25) is 5.02 Å². The van der Waals surface area contributed by atoms with Gasteiger partial charge in [-0.2, -0.15) is 0 Å². The molecule has 7 heteroatoms. The number of amides is 1.